The van der Waals surface area contributed by atoms with Gasteiger partial charge in [0.1, 0.15) is 0 Å². The Bertz CT molecular complexity index is 768. The predicted octanol–water partition coefficient (Wildman–Crippen LogP) is 0.625. The molecule has 2 aromatic rings. The minimum Gasteiger partial charge on any atom is -0.379 e. The highest BCUT2D eigenvalue weighted by Gasteiger charge is 2.10. The Morgan fingerprint density at radius 3 is 2.84 bits per heavy atom. The minimum atomic E-state index is -0.0978. The van der Waals surface area contributed by atoms with Crippen molar-refractivity contribution in [2.24, 2.45) is 0 Å². The Morgan fingerprint density at radius 2 is 2.00 bits per heavy atom. The van der Waals surface area contributed by atoms with E-state index in [9.17, 15) is 9.59 Å². The maximum Gasteiger partial charge on any atom is 0.221 e. The van der Waals surface area contributed by atoms with E-state index < -0.39 is 0 Å². The number of morpholine rings is 1. The van der Waals surface area contributed by atoms with Gasteiger partial charge in [-0.2, -0.15) is 5.10 Å². The van der Waals surface area contributed by atoms with Crippen LogP contribution in [0.3, 0.4) is 0 Å². The van der Waals surface area contributed by atoms with Crippen molar-refractivity contribution in [1.82, 2.24) is 20.0 Å². The van der Waals surface area contributed by atoms with E-state index in [-0.39, 0.29) is 11.3 Å². The van der Waals surface area contributed by atoms with E-state index in [0.29, 0.717) is 24.9 Å². The van der Waals surface area contributed by atoms with Crippen molar-refractivity contribution in [3.63, 3.8) is 0 Å². The summed E-state index contributed by atoms with van der Waals surface area (Å²) >= 11 is 0. The predicted molar refractivity (Wildman–Crippen MR) is 95.5 cm³/mol. The molecule has 0 aliphatic carbocycles. The molecule has 0 atom stereocenters. The van der Waals surface area contributed by atoms with Crippen LogP contribution in [0.5, 0.6) is 0 Å². The third kappa shape index (κ3) is 4.87. The van der Waals surface area contributed by atoms with E-state index >= 15 is 0 Å². The van der Waals surface area contributed by atoms with E-state index in [4.69, 9.17) is 4.74 Å². The molecule has 0 radical (unpaired) electrons. The highest BCUT2D eigenvalue weighted by molar-refractivity contribution is 5.78. The highest BCUT2D eigenvalue weighted by Crippen LogP contribution is 2.08. The molecule has 7 heteroatoms. The summed E-state index contributed by atoms with van der Waals surface area (Å²) in [6.45, 7) is 5.65. The van der Waals surface area contributed by atoms with E-state index in [1.807, 2.05) is 18.2 Å². The highest BCUT2D eigenvalue weighted by atomic mass is 16.5. The van der Waals surface area contributed by atoms with Gasteiger partial charge in [0.05, 0.1) is 31.5 Å². The number of carbonyl (C=O) groups excluding carboxylic acids is 1. The Morgan fingerprint density at radius 1 is 1.20 bits per heavy atom. The van der Waals surface area contributed by atoms with E-state index in [1.165, 1.54) is 6.20 Å². The lowest BCUT2D eigenvalue weighted by molar-refractivity contribution is -0.121. The monoisotopic (exact) mass is 344 g/mol. The number of carbonyl (C=O) groups is 1. The first-order valence-corrected chi connectivity index (χ1v) is 8.76. The van der Waals surface area contributed by atoms with Crippen molar-refractivity contribution in [1.29, 1.82) is 0 Å². The van der Waals surface area contributed by atoms with Crippen LogP contribution in [0.2, 0.25) is 0 Å². The fraction of sp³-hybridized carbons (Fsp3) is 0.500. The largest absolute Gasteiger partial charge is 0.379 e. The molecule has 0 saturated carbocycles. The molecule has 0 spiro atoms. The molecule has 0 unspecified atom stereocenters. The molecular weight excluding hydrogens is 320 g/mol. The second kappa shape index (κ2) is 8.73. The smallest absolute Gasteiger partial charge is 0.221 e. The van der Waals surface area contributed by atoms with Crippen LogP contribution in [0.25, 0.3) is 10.9 Å². The number of aromatic nitrogens is 2. The molecule has 1 N–H and O–H groups in total. The van der Waals surface area contributed by atoms with E-state index in [0.717, 1.165) is 44.8 Å². The number of rotatable bonds is 7. The molecule has 1 saturated heterocycles. The lowest BCUT2D eigenvalue weighted by Crippen LogP contribution is -2.38. The lowest BCUT2D eigenvalue weighted by atomic mass is 10.2. The molecule has 3 rings (SSSR count). The molecule has 2 heterocycles. The number of amides is 1. The number of fused-ring (bicyclic) bond motifs is 1. The molecule has 1 aliphatic heterocycles. The molecular formula is C18H24N4O3. The third-order valence-electron chi connectivity index (χ3n) is 4.39. The zero-order valence-corrected chi connectivity index (χ0v) is 14.3. The van der Waals surface area contributed by atoms with Crippen LogP contribution >= 0.6 is 0 Å². The first-order valence-electron chi connectivity index (χ1n) is 8.76. The quantitative estimate of drug-likeness (QED) is 0.746. The number of hydrogen-bond acceptors (Lipinski definition) is 5. The topological polar surface area (TPSA) is 76.5 Å². The van der Waals surface area contributed by atoms with Gasteiger partial charge in [0, 0.05) is 31.4 Å². The summed E-state index contributed by atoms with van der Waals surface area (Å²) < 4.78 is 7.03. The zero-order chi connectivity index (χ0) is 17.5. The Labute approximate surface area is 146 Å². The van der Waals surface area contributed by atoms with Gasteiger partial charge in [0.2, 0.25) is 11.3 Å². The number of aryl methyl sites for hydroxylation is 1. The van der Waals surface area contributed by atoms with Crippen molar-refractivity contribution < 1.29 is 9.53 Å². The maximum absolute atomic E-state index is 12.0. The SMILES string of the molecule is O=C(CCn1ncc(=O)c2ccccc21)NCCCN1CCOCC1. The summed E-state index contributed by atoms with van der Waals surface area (Å²) in [6.07, 6.45) is 2.59. The van der Waals surface area contributed by atoms with Crippen LogP contribution in [0, 0.1) is 0 Å². The van der Waals surface area contributed by atoms with Gasteiger partial charge in [-0.25, -0.2) is 0 Å². The van der Waals surface area contributed by atoms with Gasteiger partial charge in [-0.15, -0.1) is 0 Å². The summed E-state index contributed by atoms with van der Waals surface area (Å²) in [5.41, 5.74) is 0.662. The van der Waals surface area contributed by atoms with Gasteiger partial charge < -0.3 is 10.1 Å². The molecule has 7 nitrogen and oxygen atoms in total. The maximum atomic E-state index is 12.0. The van der Waals surface area contributed by atoms with Crippen molar-refractivity contribution in [3.8, 4) is 0 Å². The first-order chi connectivity index (χ1) is 12.2. The molecule has 1 aliphatic rings. The number of nitrogens with zero attached hydrogens (tertiary/aromatic N) is 3. The molecule has 25 heavy (non-hydrogen) atoms. The Hall–Kier alpha value is -2.25. The van der Waals surface area contributed by atoms with Gasteiger partial charge >= 0.3 is 0 Å². The zero-order valence-electron chi connectivity index (χ0n) is 14.3. The summed E-state index contributed by atoms with van der Waals surface area (Å²) in [7, 11) is 0. The van der Waals surface area contributed by atoms with Crippen LogP contribution in [-0.2, 0) is 16.1 Å². The number of hydrogen-bond donors (Lipinski definition) is 1. The van der Waals surface area contributed by atoms with Crippen LogP contribution in [0.15, 0.2) is 35.3 Å². The molecule has 134 valence electrons. The standard InChI is InChI=1S/C18H24N4O3/c23-17-14-20-22(16-5-2-1-4-15(16)17)9-6-18(24)19-7-3-8-21-10-12-25-13-11-21/h1-2,4-5,14H,3,6-13H2,(H,19,24). The number of para-hydroxylation sites is 1. The molecule has 1 aromatic heterocycles. The second-order valence-electron chi connectivity index (χ2n) is 6.16. The summed E-state index contributed by atoms with van der Waals surface area (Å²) in [6, 6.07) is 7.33. The molecule has 1 aromatic carbocycles. The fourth-order valence-corrected chi connectivity index (χ4v) is 2.99. The van der Waals surface area contributed by atoms with Crippen molar-refractivity contribution in [2.45, 2.75) is 19.4 Å². The van der Waals surface area contributed by atoms with Crippen molar-refractivity contribution in [3.05, 3.63) is 40.7 Å². The fourth-order valence-electron chi connectivity index (χ4n) is 2.99. The molecule has 0 bridgehead atoms. The second-order valence-corrected chi connectivity index (χ2v) is 6.16. The number of nitrogens with one attached hydrogen (secondary N) is 1. The summed E-state index contributed by atoms with van der Waals surface area (Å²) in [4.78, 5) is 26.2. The number of benzene rings is 1. The van der Waals surface area contributed by atoms with Crippen LogP contribution in [0.4, 0.5) is 0 Å². The van der Waals surface area contributed by atoms with Crippen LogP contribution in [0.1, 0.15) is 12.8 Å². The van der Waals surface area contributed by atoms with E-state index in [2.05, 4.69) is 15.3 Å². The summed E-state index contributed by atoms with van der Waals surface area (Å²) in [5, 5.41) is 7.72. The molecule has 1 amide bonds. The minimum absolute atomic E-state index is 0.00607. The lowest BCUT2D eigenvalue weighted by Gasteiger charge is -2.26. The van der Waals surface area contributed by atoms with E-state index in [1.54, 1.807) is 10.7 Å². The third-order valence-corrected chi connectivity index (χ3v) is 4.39. The Kier molecular flexibility index (Phi) is 6.14. The number of ether oxygens (including phenoxy) is 1. The van der Waals surface area contributed by atoms with Crippen molar-refractivity contribution >= 4 is 16.8 Å². The first kappa shape index (κ1) is 17.6. The Balaban J connectivity index is 1.43. The van der Waals surface area contributed by atoms with Crippen LogP contribution < -0.4 is 10.7 Å². The van der Waals surface area contributed by atoms with Crippen LogP contribution in [-0.4, -0.2) is 60.0 Å². The van der Waals surface area contributed by atoms with Gasteiger partial charge in [0.25, 0.3) is 0 Å². The molecule has 1 fully saturated rings. The average Bonchev–Trinajstić information content (AvgIpc) is 2.66. The average molecular weight is 344 g/mol. The summed E-state index contributed by atoms with van der Waals surface area (Å²) in [5.74, 6) is 0.00607. The van der Waals surface area contributed by atoms with Gasteiger partial charge in [-0.1, -0.05) is 12.1 Å². The van der Waals surface area contributed by atoms with Gasteiger partial charge in [0.15, 0.2) is 0 Å². The normalized spacial score (nSPS) is 15.4. The van der Waals surface area contributed by atoms with Gasteiger partial charge in [-0.3, -0.25) is 19.2 Å². The van der Waals surface area contributed by atoms with Crippen molar-refractivity contribution in [2.75, 3.05) is 39.4 Å². The van der Waals surface area contributed by atoms with Gasteiger partial charge in [-0.05, 0) is 25.1 Å².